The molecule has 2 rings (SSSR count). The van der Waals surface area contributed by atoms with Crippen molar-refractivity contribution in [2.75, 3.05) is 0 Å². The first-order valence-electron chi connectivity index (χ1n) is 5.15. The minimum atomic E-state index is 0.212. The van der Waals surface area contributed by atoms with Gasteiger partial charge in [0.05, 0.1) is 0 Å². The van der Waals surface area contributed by atoms with Crippen LogP contribution in [0.3, 0.4) is 0 Å². The average Bonchev–Trinajstić information content (AvgIpc) is 2.61. The second-order valence-corrected chi connectivity index (χ2v) is 4.21. The van der Waals surface area contributed by atoms with E-state index in [0.717, 1.165) is 24.3 Å². The number of carbonyl (C=O) groups is 1. The number of amides is 1. The van der Waals surface area contributed by atoms with Crippen molar-refractivity contribution in [3.8, 4) is 0 Å². The topological polar surface area (TPSA) is 44.9 Å². The molecule has 1 aliphatic carbocycles. The van der Waals surface area contributed by atoms with Crippen LogP contribution in [-0.2, 0) is 11.3 Å². The summed E-state index contributed by atoms with van der Waals surface area (Å²) in [6.45, 7) is 2.84. The number of hydrogen-bond acceptors (Lipinski definition) is 1. The van der Waals surface area contributed by atoms with Crippen molar-refractivity contribution >= 4 is 5.91 Å². The molecule has 0 aliphatic heterocycles. The number of H-pyrrole nitrogens is 1. The van der Waals surface area contributed by atoms with Crippen LogP contribution in [0.1, 0.15) is 25.3 Å². The second-order valence-electron chi connectivity index (χ2n) is 4.21. The monoisotopic (exact) mass is 192 g/mol. The molecule has 1 fully saturated rings. The van der Waals surface area contributed by atoms with Gasteiger partial charge in [0.15, 0.2) is 0 Å². The maximum Gasteiger partial charge on any atom is 0.223 e. The lowest BCUT2D eigenvalue weighted by molar-refractivity contribution is -0.128. The molecule has 14 heavy (non-hydrogen) atoms. The molecule has 3 heteroatoms. The van der Waals surface area contributed by atoms with Gasteiger partial charge < -0.3 is 10.3 Å². The van der Waals surface area contributed by atoms with E-state index in [1.807, 2.05) is 18.5 Å². The summed E-state index contributed by atoms with van der Waals surface area (Å²) in [5.74, 6) is 1.21. The van der Waals surface area contributed by atoms with E-state index in [2.05, 4.69) is 17.2 Å². The molecule has 0 atom stereocenters. The van der Waals surface area contributed by atoms with Crippen molar-refractivity contribution in [2.45, 2.75) is 26.3 Å². The number of hydrogen-bond donors (Lipinski definition) is 2. The molecule has 0 radical (unpaired) electrons. The minimum Gasteiger partial charge on any atom is -0.367 e. The average molecular weight is 192 g/mol. The van der Waals surface area contributed by atoms with Crippen molar-refractivity contribution in [1.29, 1.82) is 0 Å². The Morgan fingerprint density at radius 2 is 2.43 bits per heavy atom. The first kappa shape index (κ1) is 9.31. The van der Waals surface area contributed by atoms with E-state index >= 15 is 0 Å². The van der Waals surface area contributed by atoms with Gasteiger partial charge in [0.1, 0.15) is 0 Å². The maximum absolute atomic E-state index is 11.5. The highest BCUT2D eigenvalue weighted by atomic mass is 16.1. The Bertz CT molecular complexity index is 299. The fraction of sp³-hybridized carbons (Fsp3) is 0.545. The largest absolute Gasteiger partial charge is 0.367 e. The lowest BCUT2D eigenvalue weighted by atomic mass is 9.76. The maximum atomic E-state index is 11.5. The van der Waals surface area contributed by atoms with Gasteiger partial charge in [-0.05, 0) is 30.4 Å². The molecule has 1 heterocycles. The van der Waals surface area contributed by atoms with Crippen molar-refractivity contribution in [3.05, 3.63) is 24.0 Å². The van der Waals surface area contributed by atoms with E-state index in [1.54, 1.807) is 0 Å². The number of carbonyl (C=O) groups excluding carboxylic acids is 1. The third kappa shape index (κ3) is 1.97. The zero-order valence-corrected chi connectivity index (χ0v) is 8.42. The van der Waals surface area contributed by atoms with Crippen LogP contribution < -0.4 is 5.32 Å². The van der Waals surface area contributed by atoms with Crippen LogP contribution in [0.25, 0.3) is 0 Å². The van der Waals surface area contributed by atoms with Gasteiger partial charge in [-0.3, -0.25) is 4.79 Å². The Balaban J connectivity index is 1.73. The quantitative estimate of drug-likeness (QED) is 0.752. The lowest BCUT2D eigenvalue weighted by Crippen LogP contribution is -2.37. The van der Waals surface area contributed by atoms with Crippen LogP contribution in [0.5, 0.6) is 0 Å². The van der Waals surface area contributed by atoms with E-state index in [-0.39, 0.29) is 11.8 Å². The predicted molar refractivity (Wildman–Crippen MR) is 54.5 cm³/mol. The van der Waals surface area contributed by atoms with Crippen molar-refractivity contribution in [1.82, 2.24) is 10.3 Å². The summed E-state index contributed by atoms with van der Waals surface area (Å²) in [6.07, 6.45) is 5.88. The first-order valence-corrected chi connectivity index (χ1v) is 5.15. The van der Waals surface area contributed by atoms with Crippen LogP contribution in [0, 0.1) is 11.8 Å². The Kier molecular flexibility index (Phi) is 2.57. The molecule has 0 aromatic carbocycles. The zero-order chi connectivity index (χ0) is 9.97. The molecule has 2 N–H and O–H groups in total. The first-order chi connectivity index (χ1) is 6.75. The lowest BCUT2D eigenvalue weighted by Gasteiger charge is -2.31. The molecule has 0 bridgehead atoms. The zero-order valence-electron chi connectivity index (χ0n) is 8.42. The summed E-state index contributed by atoms with van der Waals surface area (Å²) in [5, 5.41) is 2.95. The number of rotatable bonds is 3. The van der Waals surface area contributed by atoms with Gasteiger partial charge in [-0.2, -0.15) is 0 Å². The summed E-state index contributed by atoms with van der Waals surface area (Å²) >= 11 is 0. The SMILES string of the molecule is CC1CC(C(=O)NCc2cc[nH]c2)C1. The molecule has 1 aliphatic rings. The summed E-state index contributed by atoms with van der Waals surface area (Å²) in [5.41, 5.74) is 1.13. The van der Waals surface area contributed by atoms with E-state index < -0.39 is 0 Å². The predicted octanol–water partition coefficient (Wildman–Crippen LogP) is 1.68. The summed E-state index contributed by atoms with van der Waals surface area (Å²) in [7, 11) is 0. The van der Waals surface area contributed by atoms with E-state index in [1.165, 1.54) is 0 Å². The minimum absolute atomic E-state index is 0.212. The molecule has 1 aromatic rings. The second kappa shape index (κ2) is 3.86. The van der Waals surface area contributed by atoms with Crippen LogP contribution >= 0.6 is 0 Å². The molecule has 3 nitrogen and oxygen atoms in total. The van der Waals surface area contributed by atoms with Crippen LogP contribution in [0.15, 0.2) is 18.5 Å². The van der Waals surface area contributed by atoms with Crippen molar-refractivity contribution in [3.63, 3.8) is 0 Å². The summed E-state index contributed by atoms with van der Waals surface area (Å²) in [6, 6.07) is 1.98. The number of nitrogens with one attached hydrogen (secondary N) is 2. The Morgan fingerprint density at radius 3 is 3.00 bits per heavy atom. The van der Waals surface area contributed by atoms with Crippen LogP contribution in [-0.4, -0.2) is 10.9 Å². The molecular weight excluding hydrogens is 176 g/mol. The molecule has 0 spiro atoms. The van der Waals surface area contributed by atoms with Gasteiger partial charge in [-0.15, -0.1) is 0 Å². The highest BCUT2D eigenvalue weighted by molar-refractivity contribution is 5.79. The van der Waals surface area contributed by atoms with Crippen LogP contribution in [0.4, 0.5) is 0 Å². The van der Waals surface area contributed by atoms with Gasteiger partial charge >= 0.3 is 0 Å². The Morgan fingerprint density at radius 1 is 1.64 bits per heavy atom. The molecule has 1 amide bonds. The van der Waals surface area contributed by atoms with Gasteiger partial charge in [-0.25, -0.2) is 0 Å². The number of aromatic amines is 1. The fourth-order valence-corrected chi connectivity index (χ4v) is 1.92. The van der Waals surface area contributed by atoms with Crippen molar-refractivity contribution in [2.24, 2.45) is 11.8 Å². The van der Waals surface area contributed by atoms with E-state index in [0.29, 0.717) is 6.54 Å². The van der Waals surface area contributed by atoms with Gasteiger partial charge in [0.2, 0.25) is 5.91 Å². The van der Waals surface area contributed by atoms with Crippen molar-refractivity contribution < 1.29 is 4.79 Å². The van der Waals surface area contributed by atoms with Gasteiger partial charge in [-0.1, -0.05) is 6.92 Å². The van der Waals surface area contributed by atoms with E-state index in [9.17, 15) is 4.79 Å². The molecule has 1 aromatic heterocycles. The van der Waals surface area contributed by atoms with E-state index in [4.69, 9.17) is 0 Å². The molecule has 0 saturated heterocycles. The highest BCUT2D eigenvalue weighted by Crippen LogP contribution is 2.32. The third-order valence-corrected chi connectivity index (χ3v) is 2.87. The van der Waals surface area contributed by atoms with Crippen LogP contribution in [0.2, 0.25) is 0 Å². The fourth-order valence-electron chi connectivity index (χ4n) is 1.92. The Hall–Kier alpha value is -1.25. The normalized spacial score (nSPS) is 25.5. The standard InChI is InChI=1S/C11H16N2O/c1-8-4-10(5-8)11(14)13-7-9-2-3-12-6-9/h2-3,6,8,10,12H,4-5,7H2,1H3,(H,13,14). The molecular formula is C11H16N2O. The molecule has 0 unspecified atom stereocenters. The summed E-state index contributed by atoms with van der Waals surface area (Å²) < 4.78 is 0. The number of aromatic nitrogens is 1. The van der Waals surface area contributed by atoms with Gasteiger partial charge in [0.25, 0.3) is 0 Å². The smallest absolute Gasteiger partial charge is 0.223 e. The van der Waals surface area contributed by atoms with Gasteiger partial charge in [0, 0.05) is 24.9 Å². The Labute approximate surface area is 83.9 Å². The molecule has 76 valence electrons. The third-order valence-electron chi connectivity index (χ3n) is 2.87. The molecule has 1 saturated carbocycles. The highest BCUT2D eigenvalue weighted by Gasteiger charge is 2.30. The summed E-state index contributed by atoms with van der Waals surface area (Å²) in [4.78, 5) is 14.5.